The molecule has 0 spiro atoms. The first-order valence-electron chi connectivity index (χ1n) is 6.12. The van der Waals surface area contributed by atoms with Gasteiger partial charge in [0, 0.05) is 34.4 Å². The summed E-state index contributed by atoms with van der Waals surface area (Å²) >= 11 is 5.22. The van der Waals surface area contributed by atoms with E-state index in [2.05, 4.69) is 54.5 Å². The Morgan fingerprint density at radius 3 is 2.79 bits per heavy atom. The number of nitrogens with zero attached hydrogens (tertiary/aromatic N) is 3. The van der Waals surface area contributed by atoms with Crippen LogP contribution in [0.25, 0.3) is 0 Å². The summed E-state index contributed by atoms with van der Waals surface area (Å²) in [7, 11) is 2.05. The minimum atomic E-state index is 0.785. The lowest BCUT2D eigenvalue weighted by molar-refractivity contribution is 0.890. The molecule has 0 unspecified atom stereocenters. The molecule has 0 atom stereocenters. The summed E-state index contributed by atoms with van der Waals surface area (Å²) in [4.78, 5) is 12.3. The van der Waals surface area contributed by atoms with E-state index in [0.29, 0.717) is 0 Å². The third-order valence-corrected chi connectivity index (χ3v) is 4.27. The van der Waals surface area contributed by atoms with Crippen LogP contribution in [0.3, 0.4) is 0 Å². The van der Waals surface area contributed by atoms with E-state index >= 15 is 0 Å². The maximum Gasteiger partial charge on any atom is 0.134 e. The molecule has 2 aromatic rings. The highest BCUT2D eigenvalue weighted by Gasteiger charge is 2.08. The molecule has 0 aliphatic heterocycles. The third kappa shape index (κ3) is 3.91. The van der Waals surface area contributed by atoms with Crippen molar-refractivity contribution in [3.8, 4) is 0 Å². The summed E-state index contributed by atoms with van der Waals surface area (Å²) < 4.78 is 1.13. The molecule has 0 aliphatic rings. The Kier molecular flexibility index (Phi) is 4.76. The number of thiophene rings is 1. The molecule has 0 amide bonds. The summed E-state index contributed by atoms with van der Waals surface area (Å²) in [5.41, 5.74) is 0. The van der Waals surface area contributed by atoms with Gasteiger partial charge in [-0.1, -0.05) is 0 Å². The Morgan fingerprint density at radius 2 is 2.16 bits per heavy atom. The molecule has 0 aromatic carbocycles. The zero-order chi connectivity index (χ0) is 13.8. The second kappa shape index (κ2) is 6.34. The highest BCUT2D eigenvalue weighted by Crippen LogP contribution is 2.23. The Hall–Kier alpha value is -1.14. The van der Waals surface area contributed by atoms with Gasteiger partial charge >= 0.3 is 0 Å². The van der Waals surface area contributed by atoms with Gasteiger partial charge in [-0.25, -0.2) is 9.97 Å². The van der Waals surface area contributed by atoms with Crippen molar-refractivity contribution < 1.29 is 0 Å². The molecule has 0 radical (unpaired) electrons. The molecule has 2 aromatic heterocycles. The second-order valence-corrected chi connectivity index (χ2v) is 6.19. The fraction of sp³-hybridized carbons (Fsp3) is 0.385. The lowest BCUT2D eigenvalue weighted by atomic mass is 10.4. The van der Waals surface area contributed by atoms with E-state index in [-0.39, 0.29) is 0 Å². The van der Waals surface area contributed by atoms with Crippen molar-refractivity contribution in [2.45, 2.75) is 20.4 Å². The summed E-state index contributed by atoms with van der Waals surface area (Å²) in [5, 5.41) is 5.32. The van der Waals surface area contributed by atoms with Crippen molar-refractivity contribution in [3.05, 3.63) is 32.7 Å². The Morgan fingerprint density at radius 1 is 1.37 bits per heavy atom. The first-order valence-corrected chi connectivity index (χ1v) is 7.79. The SMILES string of the molecule is CCNc1cc(N(C)Cc2cc(Br)cs2)nc(C)n1. The van der Waals surface area contributed by atoms with Crippen molar-refractivity contribution >= 4 is 38.9 Å². The monoisotopic (exact) mass is 340 g/mol. The topological polar surface area (TPSA) is 41.0 Å². The van der Waals surface area contributed by atoms with Gasteiger partial charge < -0.3 is 10.2 Å². The van der Waals surface area contributed by atoms with E-state index in [1.54, 1.807) is 11.3 Å². The molecular formula is C13H17BrN4S. The maximum absolute atomic E-state index is 4.49. The number of anilines is 2. The van der Waals surface area contributed by atoms with E-state index in [1.807, 2.05) is 20.0 Å². The van der Waals surface area contributed by atoms with Crippen LogP contribution in [0.15, 0.2) is 22.0 Å². The maximum atomic E-state index is 4.49. The smallest absolute Gasteiger partial charge is 0.134 e. The predicted octanol–water partition coefficient (Wildman–Crippen LogP) is 3.68. The number of aryl methyl sites for hydroxylation is 1. The molecule has 0 bridgehead atoms. The fourth-order valence-corrected chi connectivity index (χ4v) is 3.27. The van der Waals surface area contributed by atoms with Gasteiger partial charge in [-0.05, 0) is 35.8 Å². The Labute approximate surface area is 126 Å². The van der Waals surface area contributed by atoms with Crippen molar-refractivity contribution in [2.24, 2.45) is 0 Å². The van der Waals surface area contributed by atoms with Crippen molar-refractivity contribution in [2.75, 3.05) is 23.8 Å². The molecule has 6 heteroatoms. The van der Waals surface area contributed by atoms with E-state index in [1.165, 1.54) is 4.88 Å². The third-order valence-electron chi connectivity index (χ3n) is 2.59. The van der Waals surface area contributed by atoms with Gasteiger partial charge in [0.2, 0.25) is 0 Å². The number of hydrogen-bond donors (Lipinski definition) is 1. The van der Waals surface area contributed by atoms with E-state index in [9.17, 15) is 0 Å². The van der Waals surface area contributed by atoms with Crippen molar-refractivity contribution in [1.29, 1.82) is 0 Å². The van der Waals surface area contributed by atoms with Crippen LogP contribution in [0.2, 0.25) is 0 Å². The predicted molar refractivity (Wildman–Crippen MR) is 85.1 cm³/mol. The Balaban J connectivity index is 2.15. The first kappa shape index (κ1) is 14.3. The molecule has 2 heterocycles. The number of hydrogen-bond acceptors (Lipinski definition) is 5. The van der Waals surface area contributed by atoms with Crippen LogP contribution in [0.1, 0.15) is 17.6 Å². The highest BCUT2D eigenvalue weighted by atomic mass is 79.9. The fourth-order valence-electron chi connectivity index (χ4n) is 1.77. The largest absolute Gasteiger partial charge is 0.370 e. The van der Waals surface area contributed by atoms with E-state index in [4.69, 9.17) is 0 Å². The summed E-state index contributed by atoms with van der Waals surface area (Å²) in [6.45, 7) is 5.68. The number of nitrogens with one attached hydrogen (secondary N) is 1. The number of halogens is 1. The van der Waals surface area contributed by atoms with Crippen LogP contribution < -0.4 is 10.2 Å². The van der Waals surface area contributed by atoms with E-state index < -0.39 is 0 Å². The minimum absolute atomic E-state index is 0.785. The first-order chi connectivity index (χ1) is 9.08. The zero-order valence-electron chi connectivity index (χ0n) is 11.3. The van der Waals surface area contributed by atoms with Crippen LogP contribution >= 0.6 is 27.3 Å². The van der Waals surface area contributed by atoms with Gasteiger partial charge in [0.05, 0.1) is 6.54 Å². The molecule has 0 saturated carbocycles. The van der Waals surface area contributed by atoms with E-state index in [0.717, 1.165) is 35.0 Å². The molecule has 102 valence electrons. The van der Waals surface area contributed by atoms with Crippen LogP contribution in [0.5, 0.6) is 0 Å². The number of rotatable bonds is 5. The molecule has 0 saturated heterocycles. The number of aromatic nitrogens is 2. The normalized spacial score (nSPS) is 10.5. The highest BCUT2D eigenvalue weighted by molar-refractivity contribution is 9.10. The molecule has 4 nitrogen and oxygen atoms in total. The van der Waals surface area contributed by atoms with Crippen LogP contribution in [-0.2, 0) is 6.54 Å². The van der Waals surface area contributed by atoms with Crippen LogP contribution in [-0.4, -0.2) is 23.6 Å². The molecule has 19 heavy (non-hydrogen) atoms. The van der Waals surface area contributed by atoms with Gasteiger partial charge in [-0.3, -0.25) is 0 Å². The summed E-state index contributed by atoms with van der Waals surface area (Å²) in [6.07, 6.45) is 0. The molecule has 0 aliphatic carbocycles. The van der Waals surface area contributed by atoms with Gasteiger partial charge in [0.25, 0.3) is 0 Å². The van der Waals surface area contributed by atoms with Gasteiger partial charge in [-0.2, -0.15) is 0 Å². The zero-order valence-corrected chi connectivity index (χ0v) is 13.7. The molecule has 1 N–H and O–H groups in total. The minimum Gasteiger partial charge on any atom is -0.370 e. The van der Waals surface area contributed by atoms with Crippen molar-refractivity contribution in [3.63, 3.8) is 0 Å². The van der Waals surface area contributed by atoms with Gasteiger partial charge in [0.15, 0.2) is 0 Å². The molecule has 0 fully saturated rings. The Bertz CT molecular complexity index is 555. The van der Waals surface area contributed by atoms with Crippen LogP contribution in [0.4, 0.5) is 11.6 Å². The second-order valence-electron chi connectivity index (χ2n) is 4.28. The van der Waals surface area contributed by atoms with Gasteiger partial charge in [-0.15, -0.1) is 11.3 Å². The average molecular weight is 341 g/mol. The standard InChI is InChI=1S/C13H17BrN4S/c1-4-15-12-6-13(17-9(2)16-12)18(3)7-11-5-10(14)8-19-11/h5-6,8H,4,7H2,1-3H3,(H,15,16,17). The lowest BCUT2D eigenvalue weighted by Crippen LogP contribution is -2.18. The van der Waals surface area contributed by atoms with Gasteiger partial charge in [0.1, 0.15) is 17.5 Å². The molecular weight excluding hydrogens is 324 g/mol. The lowest BCUT2D eigenvalue weighted by Gasteiger charge is -2.18. The van der Waals surface area contributed by atoms with Crippen molar-refractivity contribution in [1.82, 2.24) is 9.97 Å². The van der Waals surface area contributed by atoms with Crippen LogP contribution in [0, 0.1) is 6.92 Å². The summed E-state index contributed by atoms with van der Waals surface area (Å²) in [5.74, 6) is 2.60. The molecule has 2 rings (SSSR count). The summed E-state index contributed by atoms with van der Waals surface area (Å²) in [6, 6.07) is 4.12. The average Bonchev–Trinajstić information content (AvgIpc) is 2.74. The quantitative estimate of drug-likeness (QED) is 0.901.